The fourth-order valence-corrected chi connectivity index (χ4v) is 2.64. The molecule has 0 unspecified atom stereocenters. The summed E-state index contributed by atoms with van der Waals surface area (Å²) in [6.07, 6.45) is -1.86. The van der Waals surface area contributed by atoms with Crippen LogP contribution in [0.5, 0.6) is 5.88 Å². The van der Waals surface area contributed by atoms with Crippen LogP contribution in [-0.4, -0.2) is 33.2 Å². The van der Waals surface area contributed by atoms with E-state index in [4.69, 9.17) is 0 Å². The first kappa shape index (κ1) is 20.3. The number of nitrogens with zero attached hydrogens (tertiary/aromatic N) is 3. The lowest BCUT2D eigenvalue weighted by Crippen LogP contribution is -2.24. The first-order valence-electron chi connectivity index (χ1n) is 8.63. The Hall–Kier alpha value is -3.43. The summed E-state index contributed by atoms with van der Waals surface area (Å²) in [6, 6.07) is 7.92. The average molecular weight is 406 g/mol. The van der Waals surface area contributed by atoms with Gasteiger partial charge in [0.25, 0.3) is 5.56 Å². The Morgan fingerprint density at radius 3 is 2.69 bits per heavy atom. The second-order valence-corrected chi connectivity index (χ2v) is 6.30. The maximum Gasteiger partial charge on any atom is 0.422 e. The topological polar surface area (TPSA) is 86.1 Å². The number of alkyl halides is 3. The molecule has 29 heavy (non-hydrogen) atoms. The minimum Gasteiger partial charge on any atom is -0.468 e. The van der Waals surface area contributed by atoms with E-state index in [-0.39, 0.29) is 30.3 Å². The summed E-state index contributed by atoms with van der Waals surface area (Å²) >= 11 is 0. The smallest absolute Gasteiger partial charge is 0.422 e. The molecule has 0 atom stereocenters. The fraction of sp³-hybridized carbons (Fsp3) is 0.263. The molecule has 3 aromatic rings. The molecule has 0 bridgehead atoms. The van der Waals surface area contributed by atoms with Gasteiger partial charge in [-0.25, -0.2) is 9.97 Å². The van der Waals surface area contributed by atoms with Crippen molar-refractivity contribution in [1.82, 2.24) is 14.5 Å². The van der Waals surface area contributed by atoms with Crippen molar-refractivity contribution in [2.24, 2.45) is 0 Å². The van der Waals surface area contributed by atoms with Gasteiger partial charge in [-0.05, 0) is 24.6 Å². The highest BCUT2D eigenvalue weighted by Crippen LogP contribution is 2.18. The molecular formula is C19H17F3N4O3. The molecule has 0 aliphatic rings. The first-order valence-corrected chi connectivity index (χ1v) is 8.63. The van der Waals surface area contributed by atoms with Gasteiger partial charge in [0, 0.05) is 19.0 Å². The zero-order chi connectivity index (χ0) is 21.0. The SMILES string of the molecule is Cc1cccc2c(=O)n(CCC(=O)Nc3ccc(OCC(F)(F)F)nc3)cnc12. The standard InChI is InChI=1S/C19H17F3N4O3/c1-12-3-2-4-14-17(12)24-11-26(18(14)28)8-7-15(27)25-13-5-6-16(23-9-13)29-10-19(20,21)22/h2-6,9,11H,7-8,10H2,1H3,(H,25,27). The van der Waals surface area contributed by atoms with Crippen molar-refractivity contribution in [2.45, 2.75) is 26.1 Å². The Kier molecular flexibility index (Phi) is 5.81. The molecule has 0 saturated heterocycles. The number of carbonyl (C=O) groups is 1. The van der Waals surface area contributed by atoms with E-state index in [1.807, 2.05) is 13.0 Å². The third kappa shape index (κ3) is 5.31. The van der Waals surface area contributed by atoms with Crippen molar-refractivity contribution >= 4 is 22.5 Å². The number of anilines is 1. The predicted octanol–water partition coefficient (Wildman–Crippen LogP) is 3.07. The zero-order valence-electron chi connectivity index (χ0n) is 15.4. The van der Waals surface area contributed by atoms with Crippen LogP contribution in [-0.2, 0) is 11.3 Å². The number of hydrogen-bond acceptors (Lipinski definition) is 5. The van der Waals surface area contributed by atoms with Crippen LogP contribution in [0.15, 0.2) is 47.7 Å². The molecule has 0 aliphatic heterocycles. The molecule has 152 valence electrons. The maximum absolute atomic E-state index is 12.5. The van der Waals surface area contributed by atoms with Crippen LogP contribution in [0.2, 0.25) is 0 Å². The summed E-state index contributed by atoms with van der Waals surface area (Å²) in [5.74, 6) is -0.587. The number of aryl methyl sites for hydroxylation is 2. The van der Waals surface area contributed by atoms with E-state index in [1.165, 1.54) is 29.2 Å². The number of aromatic nitrogens is 3. The summed E-state index contributed by atoms with van der Waals surface area (Å²) in [5.41, 5.74) is 1.57. The van der Waals surface area contributed by atoms with E-state index in [0.29, 0.717) is 16.6 Å². The number of benzene rings is 1. The van der Waals surface area contributed by atoms with E-state index >= 15 is 0 Å². The second kappa shape index (κ2) is 8.29. The minimum absolute atomic E-state index is 0.00519. The molecule has 2 heterocycles. The van der Waals surface area contributed by atoms with Crippen LogP contribution in [0, 0.1) is 6.92 Å². The van der Waals surface area contributed by atoms with Crippen LogP contribution in [0.25, 0.3) is 10.9 Å². The first-order chi connectivity index (χ1) is 13.7. The number of ether oxygens (including phenoxy) is 1. The van der Waals surface area contributed by atoms with Gasteiger partial charge in [0.2, 0.25) is 11.8 Å². The van der Waals surface area contributed by atoms with Crippen molar-refractivity contribution in [3.05, 3.63) is 58.8 Å². The van der Waals surface area contributed by atoms with Gasteiger partial charge in [-0.3, -0.25) is 14.2 Å². The van der Waals surface area contributed by atoms with Crippen molar-refractivity contribution in [1.29, 1.82) is 0 Å². The van der Waals surface area contributed by atoms with Gasteiger partial charge >= 0.3 is 6.18 Å². The van der Waals surface area contributed by atoms with E-state index in [9.17, 15) is 22.8 Å². The van der Waals surface area contributed by atoms with Crippen LogP contribution in [0.4, 0.5) is 18.9 Å². The number of hydrogen-bond donors (Lipinski definition) is 1. The normalized spacial score (nSPS) is 11.4. The summed E-state index contributed by atoms with van der Waals surface area (Å²) in [5, 5.41) is 3.04. The number of amides is 1. The van der Waals surface area contributed by atoms with Gasteiger partial charge < -0.3 is 10.1 Å². The number of fused-ring (bicyclic) bond motifs is 1. The average Bonchev–Trinajstić information content (AvgIpc) is 2.67. The van der Waals surface area contributed by atoms with Crippen LogP contribution in [0.1, 0.15) is 12.0 Å². The highest BCUT2D eigenvalue weighted by atomic mass is 19.4. The molecule has 3 rings (SSSR count). The molecule has 0 fully saturated rings. The van der Waals surface area contributed by atoms with E-state index in [1.54, 1.807) is 12.1 Å². The quantitative estimate of drug-likeness (QED) is 0.680. The van der Waals surface area contributed by atoms with Crippen LogP contribution >= 0.6 is 0 Å². The largest absolute Gasteiger partial charge is 0.468 e. The summed E-state index contributed by atoms with van der Waals surface area (Å²) in [6.45, 7) is 0.543. The number of carbonyl (C=O) groups excluding carboxylic acids is 1. The van der Waals surface area contributed by atoms with Crippen molar-refractivity contribution in [3.63, 3.8) is 0 Å². The molecular weight excluding hydrogens is 389 g/mol. The molecule has 7 nitrogen and oxygen atoms in total. The number of rotatable bonds is 6. The number of halogens is 3. The molecule has 0 radical (unpaired) electrons. The van der Waals surface area contributed by atoms with Gasteiger partial charge in [-0.2, -0.15) is 13.2 Å². The Balaban J connectivity index is 1.58. The van der Waals surface area contributed by atoms with E-state index < -0.39 is 12.8 Å². The third-order valence-corrected chi connectivity index (χ3v) is 4.04. The molecule has 2 aromatic heterocycles. The summed E-state index contributed by atoms with van der Waals surface area (Å²) in [7, 11) is 0. The number of pyridine rings is 1. The summed E-state index contributed by atoms with van der Waals surface area (Å²) < 4.78 is 42.2. The lowest BCUT2D eigenvalue weighted by atomic mass is 10.1. The Morgan fingerprint density at radius 2 is 2.00 bits per heavy atom. The van der Waals surface area contributed by atoms with E-state index in [2.05, 4.69) is 20.0 Å². The lowest BCUT2D eigenvalue weighted by Gasteiger charge is -2.10. The highest BCUT2D eigenvalue weighted by molar-refractivity contribution is 5.90. The Morgan fingerprint density at radius 1 is 1.21 bits per heavy atom. The van der Waals surface area contributed by atoms with Gasteiger partial charge in [0.1, 0.15) is 0 Å². The molecule has 1 N–H and O–H groups in total. The van der Waals surface area contributed by atoms with Gasteiger partial charge in [-0.15, -0.1) is 0 Å². The van der Waals surface area contributed by atoms with Crippen molar-refractivity contribution < 1.29 is 22.7 Å². The third-order valence-electron chi connectivity index (χ3n) is 4.04. The minimum atomic E-state index is -4.46. The number of nitrogens with one attached hydrogen (secondary N) is 1. The second-order valence-electron chi connectivity index (χ2n) is 6.30. The van der Waals surface area contributed by atoms with Crippen LogP contribution < -0.4 is 15.6 Å². The van der Waals surface area contributed by atoms with Crippen molar-refractivity contribution in [3.8, 4) is 5.88 Å². The van der Waals surface area contributed by atoms with Crippen molar-refractivity contribution in [2.75, 3.05) is 11.9 Å². The van der Waals surface area contributed by atoms with Gasteiger partial charge in [0.05, 0.1) is 29.1 Å². The van der Waals surface area contributed by atoms with E-state index in [0.717, 1.165) is 5.56 Å². The van der Waals surface area contributed by atoms with Crippen LogP contribution in [0.3, 0.4) is 0 Å². The predicted molar refractivity (Wildman–Crippen MR) is 99.8 cm³/mol. The van der Waals surface area contributed by atoms with Gasteiger partial charge in [-0.1, -0.05) is 12.1 Å². The molecule has 10 heteroatoms. The molecule has 1 aromatic carbocycles. The highest BCUT2D eigenvalue weighted by Gasteiger charge is 2.28. The number of para-hydroxylation sites is 1. The molecule has 0 spiro atoms. The Bertz CT molecular complexity index is 1080. The molecule has 0 aliphatic carbocycles. The molecule has 0 saturated carbocycles. The van der Waals surface area contributed by atoms with Gasteiger partial charge in [0.15, 0.2) is 6.61 Å². The zero-order valence-corrected chi connectivity index (χ0v) is 15.4. The fourth-order valence-electron chi connectivity index (χ4n) is 2.64. The molecule has 1 amide bonds. The summed E-state index contributed by atoms with van der Waals surface area (Å²) in [4.78, 5) is 32.6. The monoisotopic (exact) mass is 406 g/mol. The Labute approximate surface area is 163 Å². The lowest BCUT2D eigenvalue weighted by molar-refractivity contribution is -0.154. The maximum atomic E-state index is 12.5.